The van der Waals surface area contributed by atoms with Crippen LogP contribution in [0.3, 0.4) is 0 Å². The van der Waals surface area contributed by atoms with Crippen LogP contribution < -0.4 is 14.8 Å². The molecule has 1 fully saturated rings. The standard InChI is InChI=1S/C17H23NO9/c1-8(20)18-13-15(22)14(21)12(7-19)27-17(13)26-10-5-4-9(16(23)25-3)6-11(10)24-2/h4-6,12-15,17,19,21-22H,7H2,1-3H3,(H,18,20)/t12-,13+,14-,15+,17-/m1/s1. The van der Waals surface area contributed by atoms with E-state index >= 15 is 0 Å². The van der Waals surface area contributed by atoms with Crippen LogP contribution in [0.2, 0.25) is 0 Å². The van der Waals surface area contributed by atoms with Gasteiger partial charge in [0.1, 0.15) is 24.4 Å². The number of nitrogens with one attached hydrogen (secondary N) is 1. The molecule has 0 saturated carbocycles. The fraction of sp³-hybridized carbons (Fsp3) is 0.529. The van der Waals surface area contributed by atoms with Gasteiger partial charge in [-0.15, -0.1) is 0 Å². The van der Waals surface area contributed by atoms with Gasteiger partial charge >= 0.3 is 5.97 Å². The summed E-state index contributed by atoms with van der Waals surface area (Å²) in [6, 6.07) is 3.16. The molecule has 1 aromatic carbocycles. The molecule has 0 aromatic heterocycles. The predicted molar refractivity (Wildman–Crippen MR) is 90.3 cm³/mol. The monoisotopic (exact) mass is 385 g/mol. The third-order valence-corrected chi connectivity index (χ3v) is 4.08. The molecule has 1 aliphatic heterocycles. The normalized spacial score (nSPS) is 27.6. The topological polar surface area (TPSA) is 144 Å². The second kappa shape index (κ2) is 9.00. The van der Waals surface area contributed by atoms with Gasteiger partial charge in [-0.05, 0) is 18.2 Å². The smallest absolute Gasteiger partial charge is 0.337 e. The first kappa shape index (κ1) is 20.9. The third-order valence-electron chi connectivity index (χ3n) is 4.08. The zero-order chi connectivity index (χ0) is 20.1. The van der Waals surface area contributed by atoms with E-state index in [1.807, 2.05) is 0 Å². The van der Waals surface area contributed by atoms with Crippen LogP contribution in [0.4, 0.5) is 0 Å². The molecule has 0 radical (unpaired) electrons. The molecule has 2 rings (SSSR count). The summed E-state index contributed by atoms with van der Waals surface area (Å²) in [4.78, 5) is 23.1. The van der Waals surface area contributed by atoms with Gasteiger partial charge < -0.3 is 39.6 Å². The molecule has 10 heteroatoms. The Morgan fingerprint density at radius 3 is 2.44 bits per heavy atom. The summed E-state index contributed by atoms with van der Waals surface area (Å²) >= 11 is 0. The highest BCUT2D eigenvalue weighted by Crippen LogP contribution is 2.32. The van der Waals surface area contributed by atoms with Crippen LogP contribution in [-0.2, 0) is 14.3 Å². The molecule has 1 aliphatic rings. The van der Waals surface area contributed by atoms with Crippen molar-refractivity contribution in [3.8, 4) is 11.5 Å². The van der Waals surface area contributed by atoms with Gasteiger partial charge in [0.15, 0.2) is 11.5 Å². The van der Waals surface area contributed by atoms with Gasteiger partial charge in [-0.3, -0.25) is 4.79 Å². The van der Waals surface area contributed by atoms with E-state index in [1.165, 1.54) is 39.3 Å². The lowest BCUT2D eigenvalue weighted by Crippen LogP contribution is -2.65. The molecule has 4 N–H and O–H groups in total. The van der Waals surface area contributed by atoms with E-state index in [2.05, 4.69) is 10.1 Å². The second-order valence-electron chi connectivity index (χ2n) is 5.91. The average molecular weight is 385 g/mol. The zero-order valence-electron chi connectivity index (χ0n) is 15.1. The predicted octanol–water partition coefficient (Wildman–Crippen LogP) is -1.20. The Kier molecular flexibility index (Phi) is 6.97. The molecule has 0 unspecified atom stereocenters. The van der Waals surface area contributed by atoms with Crippen molar-refractivity contribution in [2.75, 3.05) is 20.8 Å². The SMILES string of the molecule is COC(=O)c1ccc(O[C@@H]2O[C@H](CO)[C@@H](O)[C@@H](O)[C@@H]2NC(C)=O)c(OC)c1. The number of carbonyl (C=O) groups is 2. The number of aliphatic hydroxyl groups is 3. The minimum absolute atomic E-state index is 0.158. The van der Waals surface area contributed by atoms with Crippen LogP contribution in [0, 0.1) is 0 Å². The van der Waals surface area contributed by atoms with Crippen LogP contribution in [0.15, 0.2) is 18.2 Å². The number of ether oxygens (including phenoxy) is 4. The first-order valence-electron chi connectivity index (χ1n) is 8.15. The molecule has 0 spiro atoms. The van der Waals surface area contributed by atoms with Gasteiger partial charge in [0.25, 0.3) is 0 Å². The molecular weight excluding hydrogens is 362 g/mol. The summed E-state index contributed by atoms with van der Waals surface area (Å²) in [5, 5.41) is 32.1. The van der Waals surface area contributed by atoms with Crippen LogP contribution in [0.5, 0.6) is 11.5 Å². The van der Waals surface area contributed by atoms with Crippen molar-refractivity contribution in [1.29, 1.82) is 0 Å². The number of carbonyl (C=O) groups excluding carboxylic acids is 2. The third kappa shape index (κ3) is 4.66. The largest absolute Gasteiger partial charge is 0.493 e. The molecule has 5 atom stereocenters. The average Bonchev–Trinajstić information content (AvgIpc) is 2.66. The van der Waals surface area contributed by atoms with Crippen LogP contribution >= 0.6 is 0 Å². The van der Waals surface area contributed by atoms with Crippen molar-refractivity contribution in [3.05, 3.63) is 23.8 Å². The molecule has 0 bridgehead atoms. The van der Waals surface area contributed by atoms with Gasteiger partial charge in [0.2, 0.25) is 12.2 Å². The maximum absolute atomic E-state index is 11.6. The molecule has 150 valence electrons. The minimum Gasteiger partial charge on any atom is -0.493 e. The highest BCUT2D eigenvalue weighted by Gasteiger charge is 2.46. The fourth-order valence-electron chi connectivity index (χ4n) is 2.71. The van der Waals surface area contributed by atoms with Crippen LogP contribution in [-0.4, -0.2) is 78.7 Å². The maximum atomic E-state index is 11.6. The Morgan fingerprint density at radius 2 is 1.89 bits per heavy atom. The number of hydrogen-bond acceptors (Lipinski definition) is 9. The second-order valence-corrected chi connectivity index (χ2v) is 5.91. The Labute approximate surface area is 155 Å². The summed E-state index contributed by atoms with van der Waals surface area (Å²) in [6.45, 7) is 0.670. The minimum atomic E-state index is -1.44. The van der Waals surface area contributed by atoms with E-state index < -0.39 is 49.1 Å². The van der Waals surface area contributed by atoms with Gasteiger partial charge in [0, 0.05) is 6.92 Å². The van der Waals surface area contributed by atoms with E-state index in [4.69, 9.17) is 14.2 Å². The van der Waals surface area contributed by atoms with Gasteiger partial charge in [-0.25, -0.2) is 4.79 Å². The van der Waals surface area contributed by atoms with Crippen molar-refractivity contribution >= 4 is 11.9 Å². The van der Waals surface area contributed by atoms with Crippen molar-refractivity contribution < 1.29 is 43.9 Å². The molecule has 1 saturated heterocycles. The molecule has 0 aliphatic carbocycles. The van der Waals surface area contributed by atoms with E-state index in [0.717, 1.165) is 0 Å². The molecular formula is C17H23NO9. The summed E-state index contributed by atoms with van der Waals surface area (Å²) in [7, 11) is 2.61. The lowest BCUT2D eigenvalue weighted by molar-refractivity contribution is -0.244. The van der Waals surface area contributed by atoms with Gasteiger partial charge in [-0.2, -0.15) is 0 Å². The van der Waals surface area contributed by atoms with Crippen LogP contribution in [0.1, 0.15) is 17.3 Å². The lowest BCUT2D eigenvalue weighted by atomic mass is 9.97. The van der Waals surface area contributed by atoms with E-state index in [-0.39, 0.29) is 17.1 Å². The number of benzene rings is 1. The van der Waals surface area contributed by atoms with Gasteiger partial charge in [0.05, 0.1) is 26.4 Å². The van der Waals surface area contributed by atoms with E-state index in [9.17, 15) is 24.9 Å². The van der Waals surface area contributed by atoms with Gasteiger partial charge in [-0.1, -0.05) is 0 Å². The first-order chi connectivity index (χ1) is 12.8. The number of amides is 1. The number of methoxy groups -OCH3 is 2. The Morgan fingerprint density at radius 1 is 1.19 bits per heavy atom. The summed E-state index contributed by atoms with van der Waals surface area (Å²) in [5.41, 5.74) is 0.230. The van der Waals surface area contributed by atoms with Crippen molar-refractivity contribution in [2.24, 2.45) is 0 Å². The summed E-state index contributed by atoms with van der Waals surface area (Å²) in [6.07, 6.45) is -5.21. The molecule has 1 amide bonds. The fourth-order valence-corrected chi connectivity index (χ4v) is 2.71. The first-order valence-corrected chi connectivity index (χ1v) is 8.15. The summed E-state index contributed by atoms with van der Waals surface area (Å²) in [5.74, 6) is -0.697. The maximum Gasteiger partial charge on any atom is 0.337 e. The van der Waals surface area contributed by atoms with Crippen LogP contribution in [0.25, 0.3) is 0 Å². The lowest BCUT2D eigenvalue weighted by Gasteiger charge is -2.42. The zero-order valence-corrected chi connectivity index (χ0v) is 15.1. The molecule has 10 nitrogen and oxygen atoms in total. The van der Waals surface area contributed by atoms with Crippen molar-refractivity contribution in [2.45, 2.75) is 37.6 Å². The highest BCUT2D eigenvalue weighted by molar-refractivity contribution is 5.90. The Bertz CT molecular complexity index is 680. The Balaban J connectivity index is 2.30. The van der Waals surface area contributed by atoms with Crippen molar-refractivity contribution in [1.82, 2.24) is 5.32 Å². The van der Waals surface area contributed by atoms with E-state index in [0.29, 0.717) is 0 Å². The number of rotatable bonds is 6. The van der Waals surface area contributed by atoms with E-state index in [1.54, 1.807) is 0 Å². The summed E-state index contributed by atoms with van der Waals surface area (Å²) < 4.78 is 21.1. The molecule has 27 heavy (non-hydrogen) atoms. The highest BCUT2D eigenvalue weighted by atomic mass is 16.7. The molecule has 1 heterocycles. The number of hydrogen-bond donors (Lipinski definition) is 4. The number of esters is 1. The molecule has 1 aromatic rings. The van der Waals surface area contributed by atoms with Crippen molar-refractivity contribution in [3.63, 3.8) is 0 Å². The quantitative estimate of drug-likeness (QED) is 0.444. The Hall–Kier alpha value is -2.40. The number of aliphatic hydroxyl groups excluding tert-OH is 3.